The molecule has 1 aliphatic heterocycles. The van der Waals surface area contributed by atoms with Crippen molar-refractivity contribution in [3.8, 4) is 5.75 Å². The third kappa shape index (κ3) is 5.11. The number of ketones is 1. The molecule has 1 aromatic heterocycles. The van der Waals surface area contributed by atoms with Gasteiger partial charge in [0.2, 0.25) is 0 Å². The summed E-state index contributed by atoms with van der Waals surface area (Å²) in [6, 6.07) is 9.71. The lowest BCUT2D eigenvalue weighted by Crippen LogP contribution is -2.31. The maximum absolute atomic E-state index is 12.9. The molecule has 1 atom stereocenters. The number of rotatable bonds is 10. The van der Waals surface area contributed by atoms with Gasteiger partial charge < -0.3 is 19.5 Å². The fraction of sp³-hybridized carbons (Fsp3) is 0.375. The highest BCUT2D eigenvalue weighted by Crippen LogP contribution is 2.39. The predicted octanol–water partition coefficient (Wildman–Crippen LogP) is 3.72. The van der Waals surface area contributed by atoms with Crippen molar-refractivity contribution in [2.75, 3.05) is 26.9 Å². The first-order chi connectivity index (χ1) is 15.1. The molecule has 0 saturated carbocycles. The molecule has 31 heavy (non-hydrogen) atoms. The summed E-state index contributed by atoms with van der Waals surface area (Å²) in [5.41, 5.74) is 1.18. The molecule has 1 unspecified atom stereocenters. The summed E-state index contributed by atoms with van der Waals surface area (Å²) in [6.07, 6.45) is 5.80. The van der Waals surface area contributed by atoms with E-state index >= 15 is 0 Å². The van der Waals surface area contributed by atoms with Crippen LogP contribution in [0.3, 0.4) is 0 Å². The fourth-order valence-corrected chi connectivity index (χ4v) is 3.57. The summed E-state index contributed by atoms with van der Waals surface area (Å²) >= 11 is 0. The van der Waals surface area contributed by atoms with Crippen LogP contribution in [0.2, 0.25) is 0 Å². The predicted molar refractivity (Wildman–Crippen MR) is 117 cm³/mol. The summed E-state index contributed by atoms with van der Waals surface area (Å²) in [5, 5.41) is 11.0. The first-order valence-corrected chi connectivity index (χ1v) is 10.5. The lowest BCUT2D eigenvalue weighted by Gasteiger charge is -2.25. The average Bonchev–Trinajstić information content (AvgIpc) is 3.05. The fourth-order valence-electron chi connectivity index (χ4n) is 3.57. The van der Waals surface area contributed by atoms with Gasteiger partial charge in [0.25, 0.3) is 11.7 Å². The second-order valence-electron chi connectivity index (χ2n) is 7.35. The Labute approximate surface area is 182 Å². The molecule has 1 saturated heterocycles. The number of carbonyl (C=O) groups excluding carboxylic acids is 2. The van der Waals surface area contributed by atoms with Gasteiger partial charge in [-0.2, -0.15) is 0 Å². The molecule has 0 spiro atoms. The zero-order chi connectivity index (χ0) is 22.2. The second-order valence-corrected chi connectivity index (χ2v) is 7.35. The van der Waals surface area contributed by atoms with Crippen LogP contribution in [0.1, 0.15) is 43.4 Å². The minimum atomic E-state index is -0.703. The molecular weight excluding hydrogens is 396 g/mol. The van der Waals surface area contributed by atoms with E-state index in [1.807, 2.05) is 0 Å². The lowest BCUT2D eigenvalue weighted by molar-refractivity contribution is -0.140. The van der Waals surface area contributed by atoms with Gasteiger partial charge in [0.05, 0.1) is 18.2 Å². The molecular formula is C24H28N2O5. The average molecular weight is 424 g/mol. The Morgan fingerprint density at radius 2 is 1.90 bits per heavy atom. The number of Topliss-reactive ketones (excluding diaryl/α,β-unsaturated/α-hetero) is 1. The summed E-state index contributed by atoms with van der Waals surface area (Å²) in [6.45, 7) is 3.50. The van der Waals surface area contributed by atoms with Gasteiger partial charge in [0.1, 0.15) is 11.5 Å². The van der Waals surface area contributed by atoms with Gasteiger partial charge in [0.15, 0.2) is 0 Å². The molecule has 1 fully saturated rings. The van der Waals surface area contributed by atoms with Gasteiger partial charge in [-0.15, -0.1) is 0 Å². The lowest BCUT2D eigenvalue weighted by atomic mass is 9.96. The van der Waals surface area contributed by atoms with Crippen LogP contribution in [-0.4, -0.2) is 53.5 Å². The number of aliphatic hydroxyl groups excluding tert-OH is 1. The van der Waals surface area contributed by atoms with Crippen LogP contribution in [0, 0.1) is 0 Å². The van der Waals surface area contributed by atoms with Crippen LogP contribution in [0.15, 0.2) is 54.4 Å². The van der Waals surface area contributed by atoms with Crippen LogP contribution in [0.4, 0.5) is 0 Å². The quantitative estimate of drug-likeness (QED) is 0.271. The number of unbranched alkanes of at least 4 members (excludes halogenated alkanes) is 1. The van der Waals surface area contributed by atoms with Crippen LogP contribution in [-0.2, 0) is 14.3 Å². The summed E-state index contributed by atoms with van der Waals surface area (Å²) in [4.78, 5) is 31.3. The van der Waals surface area contributed by atoms with Crippen molar-refractivity contribution in [2.24, 2.45) is 0 Å². The number of amides is 1. The Bertz CT molecular complexity index is 925. The number of hydrogen-bond acceptors (Lipinski definition) is 6. The standard InChI is InChI=1S/C24H28N2O5/c1-3-4-15-31-19-10-8-17(9-11-19)22(27)20-21(18-7-5-12-25-16-18)26(13-6-14-30-2)24(29)23(20)28/h5,7-12,16,21,27H,3-4,6,13-15H2,1-2H3/b22-20-. The monoisotopic (exact) mass is 424 g/mol. The van der Waals surface area contributed by atoms with Gasteiger partial charge in [0, 0.05) is 38.2 Å². The van der Waals surface area contributed by atoms with Gasteiger partial charge in [-0.25, -0.2) is 0 Å². The van der Waals surface area contributed by atoms with Crippen LogP contribution in [0.25, 0.3) is 5.76 Å². The summed E-state index contributed by atoms with van der Waals surface area (Å²) in [7, 11) is 1.59. The number of nitrogens with zero attached hydrogens (tertiary/aromatic N) is 2. The molecule has 2 heterocycles. The number of methoxy groups -OCH3 is 1. The number of hydrogen-bond donors (Lipinski definition) is 1. The highest BCUT2D eigenvalue weighted by molar-refractivity contribution is 6.46. The second kappa shape index (κ2) is 10.7. The molecule has 1 amide bonds. The Balaban J connectivity index is 1.96. The Morgan fingerprint density at radius 3 is 2.55 bits per heavy atom. The van der Waals surface area contributed by atoms with E-state index in [2.05, 4.69) is 11.9 Å². The van der Waals surface area contributed by atoms with E-state index in [1.54, 1.807) is 55.9 Å². The van der Waals surface area contributed by atoms with Crippen molar-refractivity contribution < 1.29 is 24.2 Å². The third-order valence-corrected chi connectivity index (χ3v) is 5.18. The van der Waals surface area contributed by atoms with E-state index in [1.165, 1.54) is 4.90 Å². The molecule has 1 aliphatic rings. The largest absolute Gasteiger partial charge is 0.507 e. The number of likely N-dealkylation sites (tertiary alicyclic amines) is 1. The van der Waals surface area contributed by atoms with Crippen molar-refractivity contribution in [1.29, 1.82) is 0 Å². The third-order valence-electron chi connectivity index (χ3n) is 5.18. The van der Waals surface area contributed by atoms with Gasteiger partial charge in [-0.1, -0.05) is 19.4 Å². The first-order valence-electron chi connectivity index (χ1n) is 10.5. The highest BCUT2D eigenvalue weighted by atomic mass is 16.5. The maximum atomic E-state index is 12.9. The molecule has 7 nitrogen and oxygen atoms in total. The summed E-state index contributed by atoms with van der Waals surface area (Å²) < 4.78 is 10.7. The van der Waals surface area contributed by atoms with Crippen LogP contribution < -0.4 is 4.74 Å². The molecule has 3 rings (SSSR count). The van der Waals surface area contributed by atoms with Crippen LogP contribution >= 0.6 is 0 Å². The number of carbonyl (C=O) groups is 2. The Morgan fingerprint density at radius 1 is 1.13 bits per heavy atom. The van der Waals surface area contributed by atoms with Gasteiger partial charge in [-0.3, -0.25) is 14.6 Å². The topological polar surface area (TPSA) is 89.0 Å². The van der Waals surface area contributed by atoms with Crippen molar-refractivity contribution in [2.45, 2.75) is 32.2 Å². The van der Waals surface area contributed by atoms with Crippen molar-refractivity contribution >= 4 is 17.4 Å². The van der Waals surface area contributed by atoms with Crippen molar-refractivity contribution in [3.63, 3.8) is 0 Å². The molecule has 0 aliphatic carbocycles. The number of aliphatic hydroxyl groups is 1. The highest BCUT2D eigenvalue weighted by Gasteiger charge is 2.45. The van der Waals surface area contributed by atoms with E-state index < -0.39 is 17.7 Å². The van der Waals surface area contributed by atoms with Crippen molar-refractivity contribution in [1.82, 2.24) is 9.88 Å². The summed E-state index contributed by atoms with van der Waals surface area (Å²) in [5.74, 6) is -0.853. The minimum absolute atomic E-state index is 0.0649. The molecule has 0 radical (unpaired) electrons. The molecule has 0 bridgehead atoms. The van der Waals surface area contributed by atoms with Crippen LogP contribution in [0.5, 0.6) is 5.75 Å². The van der Waals surface area contributed by atoms with Gasteiger partial charge in [-0.05, 0) is 48.7 Å². The molecule has 1 aromatic carbocycles. The Kier molecular flexibility index (Phi) is 7.78. The van der Waals surface area contributed by atoms with Crippen molar-refractivity contribution in [3.05, 3.63) is 65.5 Å². The molecule has 164 valence electrons. The smallest absolute Gasteiger partial charge is 0.295 e. The van der Waals surface area contributed by atoms with E-state index in [0.717, 1.165) is 12.8 Å². The minimum Gasteiger partial charge on any atom is -0.507 e. The van der Waals surface area contributed by atoms with E-state index in [9.17, 15) is 14.7 Å². The normalized spacial score (nSPS) is 17.9. The molecule has 1 N–H and O–H groups in total. The first kappa shape index (κ1) is 22.5. The van der Waals surface area contributed by atoms with E-state index in [-0.39, 0.29) is 11.3 Å². The number of ether oxygens (including phenoxy) is 2. The number of benzene rings is 1. The zero-order valence-corrected chi connectivity index (χ0v) is 17.9. The van der Waals surface area contributed by atoms with E-state index in [0.29, 0.717) is 43.1 Å². The Hall–Kier alpha value is -3.19. The zero-order valence-electron chi connectivity index (χ0n) is 17.9. The SMILES string of the molecule is CCCCOc1ccc(/C(O)=C2/C(=O)C(=O)N(CCCOC)C2c2cccnc2)cc1. The van der Waals surface area contributed by atoms with Gasteiger partial charge >= 0.3 is 0 Å². The van der Waals surface area contributed by atoms with E-state index in [4.69, 9.17) is 9.47 Å². The number of pyridine rings is 1. The molecule has 2 aromatic rings. The molecule has 7 heteroatoms. The number of aromatic nitrogens is 1. The maximum Gasteiger partial charge on any atom is 0.295 e.